The minimum Gasteiger partial charge on any atom is -0.297 e. The molecule has 1 aliphatic carbocycles. The zero-order chi connectivity index (χ0) is 24.2. The molecule has 2 aliphatic rings. The largest absolute Gasteiger partial charge is 0.297 e. The van der Waals surface area contributed by atoms with Gasteiger partial charge in [-0.2, -0.15) is 0 Å². The number of fused-ring (bicyclic) bond motifs is 1. The Kier molecular flexibility index (Phi) is 6.83. The molecule has 2 aromatic heterocycles. The molecule has 0 bridgehead atoms. The average Bonchev–Trinajstić information content (AvgIpc) is 3.63. The SMILES string of the molecule is C(=C\c1ccccc1)/CN1CCN(C(c2ccnc3ccccc23)c2nnnn2C2CCCC2)CC1. The van der Waals surface area contributed by atoms with Crippen LogP contribution in [0.25, 0.3) is 17.0 Å². The highest BCUT2D eigenvalue weighted by Gasteiger charge is 2.33. The van der Waals surface area contributed by atoms with Gasteiger partial charge in [-0.25, -0.2) is 4.68 Å². The average molecular weight is 480 g/mol. The second-order valence-electron chi connectivity index (χ2n) is 9.89. The standard InChI is InChI=1S/C29H33N7/c1-2-9-23(10-3-1)11-8-18-34-19-21-35(22-20-34)28(26-16-17-30-27-15-7-6-14-25(26)27)29-31-32-33-36(29)24-12-4-5-13-24/h1-3,6-11,14-17,24,28H,4-5,12-13,18-22H2/b11-8+. The Morgan fingerprint density at radius 3 is 2.50 bits per heavy atom. The Morgan fingerprint density at radius 2 is 1.67 bits per heavy atom. The van der Waals surface area contributed by atoms with Crippen molar-refractivity contribution in [2.75, 3.05) is 32.7 Å². The van der Waals surface area contributed by atoms with Gasteiger partial charge < -0.3 is 0 Å². The van der Waals surface area contributed by atoms with Gasteiger partial charge in [-0.3, -0.25) is 14.8 Å². The zero-order valence-electron chi connectivity index (χ0n) is 20.7. The van der Waals surface area contributed by atoms with Crippen LogP contribution in [-0.2, 0) is 0 Å². The summed E-state index contributed by atoms with van der Waals surface area (Å²) in [4.78, 5) is 9.72. The van der Waals surface area contributed by atoms with E-state index in [0.717, 1.165) is 56.9 Å². The molecule has 4 aromatic rings. The van der Waals surface area contributed by atoms with Crippen LogP contribution in [0.2, 0.25) is 0 Å². The molecule has 0 N–H and O–H groups in total. The van der Waals surface area contributed by atoms with Crippen molar-refractivity contribution in [1.29, 1.82) is 0 Å². The van der Waals surface area contributed by atoms with Gasteiger partial charge in [-0.1, -0.05) is 73.5 Å². The lowest BCUT2D eigenvalue weighted by Crippen LogP contribution is -2.48. The van der Waals surface area contributed by atoms with E-state index in [9.17, 15) is 0 Å². The molecule has 2 fully saturated rings. The fourth-order valence-electron chi connectivity index (χ4n) is 5.75. The number of hydrogen-bond donors (Lipinski definition) is 0. The van der Waals surface area contributed by atoms with Crippen LogP contribution in [0.4, 0.5) is 0 Å². The molecule has 1 saturated carbocycles. The van der Waals surface area contributed by atoms with Crippen LogP contribution in [0, 0.1) is 0 Å². The quantitative estimate of drug-likeness (QED) is 0.381. The van der Waals surface area contributed by atoms with Crippen LogP contribution in [-0.4, -0.2) is 67.7 Å². The van der Waals surface area contributed by atoms with Crippen molar-refractivity contribution in [3.63, 3.8) is 0 Å². The highest BCUT2D eigenvalue weighted by Crippen LogP contribution is 2.36. The van der Waals surface area contributed by atoms with Crippen molar-refractivity contribution in [2.24, 2.45) is 0 Å². The van der Waals surface area contributed by atoms with Gasteiger partial charge >= 0.3 is 0 Å². The number of tetrazole rings is 1. The number of nitrogens with zero attached hydrogens (tertiary/aromatic N) is 7. The summed E-state index contributed by atoms with van der Waals surface area (Å²) < 4.78 is 2.13. The molecule has 7 heteroatoms. The number of rotatable bonds is 7. The summed E-state index contributed by atoms with van der Waals surface area (Å²) in [6, 6.07) is 21.5. The first-order chi connectivity index (χ1) is 17.9. The Hall–Kier alpha value is -3.42. The number of aromatic nitrogens is 5. The third kappa shape index (κ3) is 4.81. The molecule has 1 aliphatic heterocycles. The second kappa shape index (κ2) is 10.7. The lowest BCUT2D eigenvalue weighted by Gasteiger charge is -2.39. The van der Waals surface area contributed by atoms with Crippen molar-refractivity contribution in [1.82, 2.24) is 35.0 Å². The Bertz CT molecular complexity index is 1300. The Morgan fingerprint density at radius 1 is 0.889 bits per heavy atom. The summed E-state index contributed by atoms with van der Waals surface area (Å²) in [5, 5.41) is 14.5. The van der Waals surface area contributed by atoms with Crippen LogP contribution in [0.5, 0.6) is 0 Å². The summed E-state index contributed by atoms with van der Waals surface area (Å²) in [6.45, 7) is 4.94. The van der Waals surface area contributed by atoms with Crippen LogP contribution in [0.3, 0.4) is 0 Å². The molecule has 36 heavy (non-hydrogen) atoms. The van der Waals surface area contributed by atoms with E-state index in [1.807, 2.05) is 6.20 Å². The normalized spacial score (nSPS) is 18.9. The summed E-state index contributed by atoms with van der Waals surface area (Å²) in [6.07, 6.45) is 11.2. The third-order valence-corrected chi connectivity index (χ3v) is 7.66. The maximum atomic E-state index is 4.64. The van der Waals surface area contributed by atoms with Gasteiger partial charge in [0.2, 0.25) is 0 Å². The van der Waals surface area contributed by atoms with Gasteiger partial charge in [0, 0.05) is 44.3 Å². The molecule has 7 nitrogen and oxygen atoms in total. The lowest BCUT2D eigenvalue weighted by atomic mass is 9.98. The van der Waals surface area contributed by atoms with E-state index < -0.39 is 0 Å². The summed E-state index contributed by atoms with van der Waals surface area (Å²) in [5.41, 5.74) is 3.51. The molecule has 0 spiro atoms. The minimum atomic E-state index is 0.00973. The van der Waals surface area contributed by atoms with Crippen molar-refractivity contribution >= 4 is 17.0 Å². The van der Waals surface area contributed by atoms with E-state index in [2.05, 4.69) is 108 Å². The number of benzene rings is 2. The topological polar surface area (TPSA) is 63.0 Å². The first-order valence-corrected chi connectivity index (χ1v) is 13.2. The first-order valence-electron chi connectivity index (χ1n) is 13.2. The fourth-order valence-corrected chi connectivity index (χ4v) is 5.75. The van der Waals surface area contributed by atoms with E-state index in [1.54, 1.807) is 0 Å². The molecule has 1 atom stereocenters. The highest BCUT2D eigenvalue weighted by atomic mass is 15.6. The minimum absolute atomic E-state index is 0.00973. The van der Waals surface area contributed by atoms with Gasteiger partial charge in [0.15, 0.2) is 5.82 Å². The van der Waals surface area contributed by atoms with Crippen LogP contribution in [0.1, 0.15) is 54.7 Å². The van der Waals surface area contributed by atoms with Gasteiger partial charge in [0.25, 0.3) is 0 Å². The first kappa shape index (κ1) is 23.0. The van der Waals surface area contributed by atoms with Crippen LogP contribution < -0.4 is 0 Å². The van der Waals surface area contributed by atoms with Crippen molar-refractivity contribution in [2.45, 2.75) is 37.8 Å². The van der Waals surface area contributed by atoms with E-state index in [4.69, 9.17) is 0 Å². The molecule has 2 aromatic carbocycles. The summed E-state index contributed by atoms with van der Waals surface area (Å²) in [7, 11) is 0. The molecule has 1 unspecified atom stereocenters. The van der Waals surface area contributed by atoms with Crippen LogP contribution in [0.15, 0.2) is 72.9 Å². The third-order valence-electron chi connectivity index (χ3n) is 7.66. The number of para-hydroxylation sites is 1. The van der Waals surface area contributed by atoms with Crippen molar-refractivity contribution in [3.05, 3.63) is 89.9 Å². The molecule has 6 rings (SSSR count). The molecule has 3 heterocycles. The van der Waals surface area contributed by atoms with E-state index >= 15 is 0 Å². The predicted octanol–water partition coefficient (Wildman–Crippen LogP) is 4.76. The molecule has 184 valence electrons. The maximum Gasteiger partial charge on any atom is 0.173 e. The molecule has 1 saturated heterocycles. The summed E-state index contributed by atoms with van der Waals surface area (Å²) >= 11 is 0. The fraction of sp³-hybridized carbons (Fsp3) is 0.379. The van der Waals surface area contributed by atoms with Gasteiger partial charge in [0.1, 0.15) is 0 Å². The molecular weight excluding hydrogens is 446 g/mol. The number of piperazine rings is 1. The number of hydrogen-bond acceptors (Lipinski definition) is 6. The van der Waals surface area contributed by atoms with Crippen molar-refractivity contribution < 1.29 is 0 Å². The molecule has 0 radical (unpaired) electrons. The van der Waals surface area contributed by atoms with Gasteiger partial charge in [0.05, 0.1) is 17.6 Å². The van der Waals surface area contributed by atoms with Gasteiger partial charge in [-0.15, -0.1) is 5.10 Å². The maximum absolute atomic E-state index is 4.64. The van der Waals surface area contributed by atoms with Crippen LogP contribution >= 0.6 is 0 Å². The van der Waals surface area contributed by atoms with E-state index in [0.29, 0.717) is 6.04 Å². The van der Waals surface area contributed by atoms with E-state index in [1.165, 1.54) is 29.4 Å². The number of pyridine rings is 1. The second-order valence-corrected chi connectivity index (χ2v) is 9.89. The zero-order valence-corrected chi connectivity index (χ0v) is 20.7. The summed E-state index contributed by atoms with van der Waals surface area (Å²) in [5.74, 6) is 0.968. The van der Waals surface area contributed by atoms with Gasteiger partial charge in [-0.05, 0) is 46.5 Å². The molecular formula is C29H33N7. The Balaban J connectivity index is 1.26. The van der Waals surface area contributed by atoms with Crippen molar-refractivity contribution in [3.8, 4) is 0 Å². The smallest absolute Gasteiger partial charge is 0.173 e. The lowest BCUT2D eigenvalue weighted by molar-refractivity contribution is 0.112. The monoisotopic (exact) mass is 479 g/mol. The highest BCUT2D eigenvalue weighted by molar-refractivity contribution is 5.82. The predicted molar refractivity (Wildman–Crippen MR) is 142 cm³/mol. The van der Waals surface area contributed by atoms with E-state index in [-0.39, 0.29) is 6.04 Å². The Labute approximate surface area is 212 Å². The molecule has 0 amide bonds.